The van der Waals surface area contributed by atoms with Gasteiger partial charge in [0.25, 0.3) is 0 Å². The van der Waals surface area contributed by atoms with Crippen molar-refractivity contribution in [3.8, 4) is 5.75 Å². The molecule has 0 aliphatic heterocycles. The summed E-state index contributed by atoms with van der Waals surface area (Å²) in [5, 5.41) is 0. The van der Waals surface area contributed by atoms with E-state index in [0.717, 1.165) is 18.2 Å². The lowest BCUT2D eigenvalue weighted by molar-refractivity contribution is -0.453. The molecule has 1 aromatic rings. The lowest BCUT2D eigenvalue weighted by Gasteiger charge is -2.43. The van der Waals surface area contributed by atoms with Crippen LogP contribution in [0.4, 0.5) is 65.9 Å². The first-order valence-electron chi connectivity index (χ1n) is 10.4. The van der Waals surface area contributed by atoms with E-state index in [9.17, 15) is 65.9 Å². The highest BCUT2D eigenvalue weighted by Gasteiger charge is 2.93. The van der Waals surface area contributed by atoms with Gasteiger partial charge in [-0.1, -0.05) is 25.1 Å². The van der Waals surface area contributed by atoms with Crippen LogP contribution in [0.1, 0.15) is 39.2 Å². The van der Waals surface area contributed by atoms with Crippen molar-refractivity contribution < 1.29 is 75.3 Å². The van der Waals surface area contributed by atoms with E-state index in [1.807, 2.05) is 0 Å². The van der Waals surface area contributed by atoms with Crippen molar-refractivity contribution in [3.63, 3.8) is 0 Å². The van der Waals surface area contributed by atoms with Crippen LogP contribution >= 0.6 is 0 Å². The average molecular weight is 590 g/mol. The average Bonchev–Trinajstić information content (AvgIpc) is 2.77. The van der Waals surface area contributed by atoms with Crippen LogP contribution in [0.2, 0.25) is 0 Å². The summed E-state index contributed by atoms with van der Waals surface area (Å²) in [6, 6.07) is 4.42. The van der Waals surface area contributed by atoms with Crippen LogP contribution in [0.25, 0.3) is 0 Å². The molecule has 0 aliphatic rings. The molecular formula is C21H21F15O2. The fraction of sp³-hybridized carbons (Fsp3) is 0.714. The number of rotatable bonds is 12. The Morgan fingerprint density at radius 3 is 1.53 bits per heavy atom. The van der Waals surface area contributed by atoms with E-state index in [0.29, 0.717) is 20.5 Å². The second-order valence-electron chi connectivity index (χ2n) is 8.52. The fourth-order valence-electron chi connectivity index (χ4n) is 3.12. The number of alkyl halides is 15. The summed E-state index contributed by atoms with van der Waals surface area (Å²) >= 11 is 0. The molecule has 0 N–H and O–H groups in total. The summed E-state index contributed by atoms with van der Waals surface area (Å²) in [5.74, 6) is -47.2. The monoisotopic (exact) mass is 590 g/mol. The van der Waals surface area contributed by atoms with Crippen LogP contribution in [0.3, 0.4) is 0 Å². The van der Waals surface area contributed by atoms with Crippen LogP contribution in [-0.4, -0.2) is 54.9 Å². The predicted molar refractivity (Wildman–Crippen MR) is 102 cm³/mol. The zero-order chi connectivity index (χ0) is 30.4. The second kappa shape index (κ2) is 10.2. The SMILES string of the molecule is CCC(C)Oc1ccccc1C(C)(CC(F)(F)C(F)(F)C(F)(F)C(F)(F)C(F)(F)C(F)(F)C(F)(F)F)OC. The Kier molecular flexibility index (Phi) is 9.07. The van der Waals surface area contributed by atoms with Gasteiger partial charge in [0.2, 0.25) is 0 Å². The van der Waals surface area contributed by atoms with E-state index >= 15 is 0 Å². The maximum atomic E-state index is 14.6. The Labute approximate surface area is 206 Å². The number of para-hydroxylation sites is 1. The molecule has 0 heterocycles. The van der Waals surface area contributed by atoms with Crippen LogP contribution in [0.15, 0.2) is 24.3 Å². The highest BCUT2D eigenvalue weighted by molar-refractivity contribution is 5.38. The highest BCUT2D eigenvalue weighted by Crippen LogP contribution is 2.63. The normalized spacial score (nSPS) is 17.2. The first kappa shape index (κ1) is 34.0. The van der Waals surface area contributed by atoms with Gasteiger partial charge in [-0.3, -0.25) is 0 Å². The van der Waals surface area contributed by atoms with Gasteiger partial charge in [-0.25, -0.2) is 0 Å². The maximum Gasteiger partial charge on any atom is 0.460 e. The topological polar surface area (TPSA) is 18.5 Å². The van der Waals surface area contributed by atoms with Crippen molar-refractivity contribution in [1.29, 1.82) is 0 Å². The van der Waals surface area contributed by atoms with Crippen LogP contribution in [0.5, 0.6) is 5.75 Å². The van der Waals surface area contributed by atoms with Gasteiger partial charge in [0.15, 0.2) is 0 Å². The molecular weight excluding hydrogens is 569 g/mol. The Balaban J connectivity index is 3.64. The van der Waals surface area contributed by atoms with Crippen molar-refractivity contribution in [1.82, 2.24) is 0 Å². The summed E-state index contributed by atoms with van der Waals surface area (Å²) in [6.07, 6.45) is -10.6. The number of ether oxygens (including phenoxy) is 2. The molecule has 0 spiro atoms. The smallest absolute Gasteiger partial charge is 0.460 e. The van der Waals surface area contributed by atoms with E-state index in [4.69, 9.17) is 9.47 Å². The molecule has 0 amide bonds. The van der Waals surface area contributed by atoms with Gasteiger partial charge >= 0.3 is 41.7 Å². The summed E-state index contributed by atoms with van der Waals surface area (Å²) < 4.78 is 213. The van der Waals surface area contributed by atoms with Gasteiger partial charge in [0, 0.05) is 12.7 Å². The van der Waals surface area contributed by atoms with E-state index < -0.39 is 65.4 Å². The van der Waals surface area contributed by atoms with E-state index in [1.54, 1.807) is 6.92 Å². The third-order valence-corrected chi connectivity index (χ3v) is 5.76. The molecule has 1 rings (SSSR count). The zero-order valence-corrected chi connectivity index (χ0v) is 19.8. The minimum Gasteiger partial charge on any atom is -0.490 e. The van der Waals surface area contributed by atoms with Gasteiger partial charge in [0.05, 0.1) is 18.1 Å². The minimum atomic E-state index is -8.34. The van der Waals surface area contributed by atoms with E-state index in [-0.39, 0.29) is 5.75 Å². The fourth-order valence-corrected chi connectivity index (χ4v) is 3.12. The molecule has 0 radical (unpaired) electrons. The Bertz CT molecular complexity index is 958. The summed E-state index contributed by atoms with van der Waals surface area (Å²) in [5.41, 5.74) is -3.33. The molecule has 2 nitrogen and oxygen atoms in total. The quantitative estimate of drug-likeness (QED) is 0.228. The molecule has 0 aliphatic carbocycles. The van der Waals surface area contributed by atoms with Gasteiger partial charge < -0.3 is 9.47 Å². The molecule has 0 bridgehead atoms. The Morgan fingerprint density at radius 1 is 0.684 bits per heavy atom. The molecule has 2 unspecified atom stereocenters. The first-order valence-corrected chi connectivity index (χ1v) is 10.4. The number of hydrogen-bond acceptors (Lipinski definition) is 2. The van der Waals surface area contributed by atoms with E-state index in [2.05, 4.69) is 0 Å². The molecule has 0 fully saturated rings. The number of benzene rings is 1. The molecule has 2 atom stereocenters. The van der Waals surface area contributed by atoms with Gasteiger partial charge in [-0.15, -0.1) is 0 Å². The standard InChI is InChI=1S/C21H21F15O2/c1-5-11(2)38-13-9-7-6-8-12(13)14(3,37-4)10-15(22,23)16(24,25)17(26,27)18(28,29)19(30,31)20(32,33)21(34,35)36/h6-9,11H,5,10H2,1-4H3. The molecule has 17 heteroatoms. The van der Waals surface area contributed by atoms with Gasteiger partial charge in [-0.05, 0) is 26.3 Å². The molecule has 1 aromatic carbocycles. The summed E-state index contributed by atoms with van der Waals surface area (Å²) in [6.45, 7) is 3.67. The molecule has 0 saturated heterocycles. The van der Waals surface area contributed by atoms with Crippen LogP contribution in [0, 0.1) is 0 Å². The van der Waals surface area contributed by atoms with E-state index in [1.165, 1.54) is 13.0 Å². The molecule has 0 saturated carbocycles. The Morgan fingerprint density at radius 2 is 1.11 bits per heavy atom. The Hall–Kier alpha value is -2.07. The molecule has 222 valence electrons. The lowest BCUT2D eigenvalue weighted by Crippen LogP contribution is -2.72. The van der Waals surface area contributed by atoms with Crippen molar-refractivity contribution in [3.05, 3.63) is 29.8 Å². The van der Waals surface area contributed by atoms with Crippen LogP contribution < -0.4 is 4.74 Å². The highest BCUT2D eigenvalue weighted by atomic mass is 19.4. The van der Waals surface area contributed by atoms with Crippen molar-refractivity contribution in [2.45, 2.75) is 87.0 Å². The van der Waals surface area contributed by atoms with Crippen molar-refractivity contribution >= 4 is 0 Å². The summed E-state index contributed by atoms with van der Waals surface area (Å²) in [4.78, 5) is 0. The maximum absolute atomic E-state index is 14.6. The van der Waals surface area contributed by atoms with Crippen molar-refractivity contribution in [2.75, 3.05) is 7.11 Å². The molecule has 38 heavy (non-hydrogen) atoms. The zero-order valence-electron chi connectivity index (χ0n) is 19.8. The first-order chi connectivity index (χ1) is 16.7. The number of methoxy groups -OCH3 is 1. The van der Waals surface area contributed by atoms with Crippen molar-refractivity contribution in [2.24, 2.45) is 0 Å². The van der Waals surface area contributed by atoms with Crippen LogP contribution in [-0.2, 0) is 10.3 Å². The number of hydrogen-bond donors (Lipinski definition) is 0. The molecule has 0 aromatic heterocycles. The minimum absolute atomic E-state index is 0.310. The summed E-state index contributed by atoms with van der Waals surface area (Å²) in [7, 11) is 0.596. The third kappa shape index (κ3) is 5.22. The number of halogens is 15. The predicted octanol–water partition coefficient (Wildman–Crippen LogP) is 8.49. The largest absolute Gasteiger partial charge is 0.490 e. The second-order valence-corrected chi connectivity index (χ2v) is 8.52. The lowest BCUT2D eigenvalue weighted by atomic mass is 9.83. The van der Waals surface area contributed by atoms with Gasteiger partial charge in [0.1, 0.15) is 5.75 Å². The van der Waals surface area contributed by atoms with Gasteiger partial charge in [-0.2, -0.15) is 65.9 Å². The third-order valence-electron chi connectivity index (χ3n) is 5.76.